The molecular formula is C60H41N3. The Morgan fingerprint density at radius 1 is 0.286 bits per heavy atom. The van der Waals surface area contributed by atoms with E-state index in [4.69, 9.17) is 0 Å². The summed E-state index contributed by atoms with van der Waals surface area (Å²) in [5, 5.41) is 4.93. The molecule has 63 heavy (non-hydrogen) atoms. The van der Waals surface area contributed by atoms with Crippen molar-refractivity contribution >= 4 is 60.7 Å². The van der Waals surface area contributed by atoms with Crippen molar-refractivity contribution in [3.8, 4) is 50.2 Å². The molecule has 0 amide bonds. The molecule has 0 aliphatic heterocycles. The lowest BCUT2D eigenvalue weighted by Gasteiger charge is -2.26. The lowest BCUT2D eigenvalue weighted by molar-refractivity contribution is 1.18. The third-order valence-corrected chi connectivity index (χ3v) is 12.6. The maximum atomic E-state index is 3.94. The van der Waals surface area contributed by atoms with Gasteiger partial charge in [0, 0.05) is 55.4 Å². The van der Waals surface area contributed by atoms with E-state index >= 15 is 0 Å². The SMILES string of the molecule is c1ccc(-c2ccc(N(c3ccc(-c4ccccc4)cc3)c3ccc(-c4cccc5c4[nH]c4c(-c6ccc7c(c6)c6ccccc6n7-c6ccccc6)cccc45)cc3)cc2)cc1. The Hall–Kier alpha value is -8.40. The van der Waals surface area contributed by atoms with Crippen molar-refractivity contribution < 1.29 is 0 Å². The maximum absolute atomic E-state index is 3.94. The van der Waals surface area contributed by atoms with Crippen LogP contribution in [0.25, 0.3) is 93.8 Å². The molecule has 0 fully saturated rings. The van der Waals surface area contributed by atoms with E-state index in [1.54, 1.807) is 0 Å². The summed E-state index contributed by atoms with van der Waals surface area (Å²) in [7, 11) is 0. The van der Waals surface area contributed by atoms with Crippen molar-refractivity contribution in [2.24, 2.45) is 0 Å². The van der Waals surface area contributed by atoms with Crippen LogP contribution in [0.4, 0.5) is 17.1 Å². The van der Waals surface area contributed by atoms with E-state index in [1.165, 1.54) is 71.5 Å². The highest BCUT2D eigenvalue weighted by molar-refractivity contribution is 6.16. The number of nitrogens with zero attached hydrogens (tertiary/aromatic N) is 2. The third kappa shape index (κ3) is 6.38. The Balaban J connectivity index is 0.932. The van der Waals surface area contributed by atoms with Gasteiger partial charge in [-0.05, 0) is 100 Å². The van der Waals surface area contributed by atoms with Gasteiger partial charge < -0.3 is 14.5 Å². The first-order valence-corrected chi connectivity index (χ1v) is 21.6. The van der Waals surface area contributed by atoms with E-state index in [0.29, 0.717) is 0 Å². The predicted octanol–water partition coefficient (Wildman–Crippen LogP) is 16.6. The van der Waals surface area contributed by atoms with E-state index in [2.05, 4.69) is 257 Å². The summed E-state index contributed by atoms with van der Waals surface area (Å²) < 4.78 is 2.37. The molecule has 0 atom stereocenters. The van der Waals surface area contributed by atoms with Crippen LogP contribution in [0, 0.1) is 0 Å². The Morgan fingerprint density at radius 2 is 0.698 bits per heavy atom. The number of nitrogens with one attached hydrogen (secondary N) is 1. The quantitative estimate of drug-likeness (QED) is 0.163. The van der Waals surface area contributed by atoms with E-state index in [-0.39, 0.29) is 0 Å². The number of hydrogen-bond acceptors (Lipinski definition) is 1. The molecule has 3 nitrogen and oxygen atoms in total. The second kappa shape index (κ2) is 15.3. The van der Waals surface area contributed by atoms with Gasteiger partial charge in [-0.2, -0.15) is 0 Å². The summed E-state index contributed by atoms with van der Waals surface area (Å²) in [4.78, 5) is 6.28. The Bertz CT molecular complexity index is 3480. The highest BCUT2D eigenvalue weighted by Crippen LogP contribution is 2.42. The smallest absolute Gasteiger partial charge is 0.0544 e. The molecular weight excluding hydrogens is 763 g/mol. The third-order valence-electron chi connectivity index (χ3n) is 12.6. The maximum Gasteiger partial charge on any atom is 0.0544 e. The minimum absolute atomic E-state index is 1.09. The van der Waals surface area contributed by atoms with E-state index in [0.717, 1.165) is 39.3 Å². The first-order valence-electron chi connectivity index (χ1n) is 21.6. The molecule has 0 spiro atoms. The number of fused-ring (bicyclic) bond motifs is 6. The molecule has 1 N–H and O–H groups in total. The van der Waals surface area contributed by atoms with Crippen molar-refractivity contribution in [3.05, 3.63) is 243 Å². The van der Waals surface area contributed by atoms with Crippen LogP contribution in [0.3, 0.4) is 0 Å². The molecule has 3 heteroatoms. The van der Waals surface area contributed by atoms with E-state index < -0.39 is 0 Å². The average Bonchev–Trinajstić information content (AvgIpc) is 3.91. The molecule has 0 radical (unpaired) electrons. The predicted molar refractivity (Wildman–Crippen MR) is 267 cm³/mol. The largest absolute Gasteiger partial charge is 0.353 e. The number of rotatable bonds is 8. The normalized spacial score (nSPS) is 11.5. The zero-order valence-corrected chi connectivity index (χ0v) is 34.5. The minimum Gasteiger partial charge on any atom is -0.353 e. The molecule has 0 saturated carbocycles. The second-order valence-electron chi connectivity index (χ2n) is 16.2. The molecule has 2 heterocycles. The molecule has 0 unspecified atom stereocenters. The molecule has 0 saturated heterocycles. The van der Waals surface area contributed by atoms with Gasteiger partial charge in [0.1, 0.15) is 0 Å². The lowest BCUT2D eigenvalue weighted by atomic mass is 9.99. The van der Waals surface area contributed by atoms with Gasteiger partial charge >= 0.3 is 0 Å². The van der Waals surface area contributed by atoms with Gasteiger partial charge in [-0.15, -0.1) is 0 Å². The zero-order valence-electron chi connectivity index (χ0n) is 34.5. The summed E-state index contributed by atoms with van der Waals surface area (Å²) in [5.74, 6) is 0. The molecule has 10 aromatic carbocycles. The van der Waals surface area contributed by atoms with Gasteiger partial charge in [-0.1, -0.05) is 176 Å². The van der Waals surface area contributed by atoms with Crippen molar-refractivity contribution in [1.82, 2.24) is 9.55 Å². The fourth-order valence-corrected chi connectivity index (χ4v) is 9.53. The Labute approximate surface area is 366 Å². The second-order valence-corrected chi connectivity index (χ2v) is 16.2. The monoisotopic (exact) mass is 803 g/mol. The van der Waals surface area contributed by atoms with Crippen LogP contribution in [0.5, 0.6) is 0 Å². The summed E-state index contributed by atoms with van der Waals surface area (Å²) in [5.41, 5.74) is 18.7. The molecule has 0 aliphatic rings. The van der Waals surface area contributed by atoms with Crippen LogP contribution in [-0.2, 0) is 0 Å². The Morgan fingerprint density at radius 3 is 1.25 bits per heavy atom. The minimum atomic E-state index is 1.09. The van der Waals surface area contributed by atoms with Gasteiger partial charge in [0.15, 0.2) is 0 Å². The van der Waals surface area contributed by atoms with Gasteiger partial charge in [0.05, 0.1) is 22.1 Å². The van der Waals surface area contributed by atoms with Crippen LogP contribution >= 0.6 is 0 Å². The fourth-order valence-electron chi connectivity index (χ4n) is 9.53. The summed E-state index contributed by atoms with van der Waals surface area (Å²) in [6.45, 7) is 0. The highest BCUT2D eigenvalue weighted by atomic mass is 15.1. The molecule has 0 aliphatic carbocycles. The first-order chi connectivity index (χ1) is 31.2. The van der Waals surface area contributed by atoms with Crippen molar-refractivity contribution in [2.45, 2.75) is 0 Å². The number of anilines is 3. The number of aromatic amines is 1. The summed E-state index contributed by atoms with van der Waals surface area (Å²) in [6.07, 6.45) is 0. The van der Waals surface area contributed by atoms with Gasteiger partial charge in [0.25, 0.3) is 0 Å². The number of hydrogen-bond donors (Lipinski definition) is 1. The van der Waals surface area contributed by atoms with E-state index in [9.17, 15) is 0 Å². The van der Waals surface area contributed by atoms with Gasteiger partial charge in [0.2, 0.25) is 0 Å². The summed E-state index contributed by atoms with van der Waals surface area (Å²) in [6, 6.07) is 87.6. The molecule has 0 bridgehead atoms. The fraction of sp³-hybridized carbons (Fsp3) is 0. The number of para-hydroxylation sites is 4. The van der Waals surface area contributed by atoms with Crippen LogP contribution < -0.4 is 4.90 Å². The van der Waals surface area contributed by atoms with Crippen molar-refractivity contribution in [3.63, 3.8) is 0 Å². The number of H-pyrrole nitrogens is 1. The summed E-state index contributed by atoms with van der Waals surface area (Å²) >= 11 is 0. The Kier molecular flexibility index (Phi) is 8.83. The topological polar surface area (TPSA) is 24.0 Å². The van der Waals surface area contributed by atoms with Gasteiger partial charge in [-0.3, -0.25) is 0 Å². The average molecular weight is 804 g/mol. The standard InChI is InChI=1S/C60H41N3/c1-4-14-41(15-5-1)43-26-33-48(34-27-43)62(49-35-28-44(29-36-49)42-16-6-2-7-17-42)50-37-30-45(31-38-50)51-21-12-23-54-55-24-13-22-52(60(55)61-59(51)54)46-32-39-58-56(40-46)53-20-10-11-25-57(53)63(58)47-18-8-3-9-19-47/h1-40,61H. The van der Waals surface area contributed by atoms with Crippen LogP contribution in [-0.4, -0.2) is 9.55 Å². The van der Waals surface area contributed by atoms with Gasteiger partial charge in [-0.25, -0.2) is 0 Å². The van der Waals surface area contributed by atoms with Crippen LogP contribution in [0.2, 0.25) is 0 Å². The van der Waals surface area contributed by atoms with Crippen LogP contribution in [0.1, 0.15) is 0 Å². The molecule has 12 aromatic rings. The highest BCUT2D eigenvalue weighted by Gasteiger charge is 2.18. The number of aromatic nitrogens is 2. The molecule has 12 rings (SSSR count). The zero-order chi connectivity index (χ0) is 41.7. The molecule has 296 valence electrons. The number of benzene rings is 10. The van der Waals surface area contributed by atoms with Crippen molar-refractivity contribution in [1.29, 1.82) is 0 Å². The first kappa shape index (κ1) is 36.5. The van der Waals surface area contributed by atoms with Crippen LogP contribution in [0.15, 0.2) is 243 Å². The molecule has 2 aromatic heterocycles. The van der Waals surface area contributed by atoms with Crippen molar-refractivity contribution in [2.75, 3.05) is 4.90 Å². The van der Waals surface area contributed by atoms with E-state index in [1.807, 2.05) is 0 Å². The lowest BCUT2D eigenvalue weighted by Crippen LogP contribution is -2.09.